The molecule has 0 atom stereocenters. The van der Waals surface area contributed by atoms with Crippen molar-refractivity contribution in [3.05, 3.63) is 10.6 Å². The van der Waals surface area contributed by atoms with Crippen LogP contribution in [0.2, 0.25) is 0 Å². The normalized spacial score (nSPS) is 15.8. The van der Waals surface area contributed by atoms with Gasteiger partial charge in [-0.3, -0.25) is 4.79 Å². The second-order valence-corrected chi connectivity index (χ2v) is 4.44. The third-order valence-electron chi connectivity index (χ3n) is 1.94. The molecule has 0 aliphatic heterocycles. The lowest BCUT2D eigenvalue weighted by atomic mass is 10.3. The summed E-state index contributed by atoms with van der Waals surface area (Å²) >= 11 is 1.35. The highest BCUT2D eigenvalue weighted by molar-refractivity contribution is 7.15. The van der Waals surface area contributed by atoms with Crippen molar-refractivity contribution < 1.29 is 4.79 Å². The number of nitrogens with two attached hydrogens (primary N) is 1. The van der Waals surface area contributed by atoms with E-state index >= 15 is 0 Å². The molecular formula is C8H11N3OS. The largest absolute Gasteiger partial charge is 0.375 e. The molecule has 0 spiro atoms. The van der Waals surface area contributed by atoms with Crippen LogP contribution in [0.25, 0.3) is 0 Å². The molecule has 1 amide bonds. The van der Waals surface area contributed by atoms with Gasteiger partial charge in [-0.05, 0) is 19.8 Å². The Labute approximate surface area is 80.2 Å². The van der Waals surface area contributed by atoms with Crippen molar-refractivity contribution in [3.63, 3.8) is 0 Å². The van der Waals surface area contributed by atoms with Crippen molar-refractivity contribution in [1.29, 1.82) is 0 Å². The third-order valence-corrected chi connectivity index (χ3v) is 2.74. The van der Waals surface area contributed by atoms with Gasteiger partial charge in [0, 0.05) is 10.9 Å². The standard InChI is InChI=1S/C8H11N3OS/c1-4-6(11-8(9)13-4)7(12)10-5-2-3-5/h5H,2-3H2,1H3,(H2,9,11)(H,10,12). The zero-order valence-electron chi connectivity index (χ0n) is 7.33. The van der Waals surface area contributed by atoms with Crippen molar-refractivity contribution >= 4 is 22.4 Å². The van der Waals surface area contributed by atoms with Crippen molar-refractivity contribution in [3.8, 4) is 0 Å². The van der Waals surface area contributed by atoms with Gasteiger partial charge in [0.25, 0.3) is 5.91 Å². The number of amides is 1. The Hall–Kier alpha value is -1.10. The molecule has 2 rings (SSSR count). The second kappa shape index (κ2) is 2.99. The molecule has 1 saturated carbocycles. The molecule has 5 heteroatoms. The Morgan fingerprint density at radius 1 is 1.69 bits per heavy atom. The highest BCUT2D eigenvalue weighted by Crippen LogP contribution is 2.22. The Kier molecular flexibility index (Phi) is 1.95. The summed E-state index contributed by atoms with van der Waals surface area (Å²) in [5.41, 5.74) is 5.97. The van der Waals surface area contributed by atoms with E-state index in [0.29, 0.717) is 16.9 Å². The number of hydrogen-bond acceptors (Lipinski definition) is 4. The van der Waals surface area contributed by atoms with Crippen LogP contribution in [0.15, 0.2) is 0 Å². The highest BCUT2D eigenvalue weighted by atomic mass is 32.1. The SMILES string of the molecule is Cc1sc(N)nc1C(=O)NC1CC1. The number of aryl methyl sites for hydroxylation is 1. The van der Waals surface area contributed by atoms with Crippen LogP contribution in [0.4, 0.5) is 5.13 Å². The molecule has 13 heavy (non-hydrogen) atoms. The fourth-order valence-electron chi connectivity index (χ4n) is 1.11. The van der Waals surface area contributed by atoms with Crippen LogP contribution in [0.1, 0.15) is 28.2 Å². The molecule has 1 fully saturated rings. The van der Waals surface area contributed by atoms with Crippen molar-refractivity contribution in [2.75, 3.05) is 5.73 Å². The molecule has 1 aliphatic carbocycles. The van der Waals surface area contributed by atoms with Crippen molar-refractivity contribution in [1.82, 2.24) is 10.3 Å². The zero-order chi connectivity index (χ0) is 9.42. The molecule has 0 unspecified atom stereocenters. The van der Waals surface area contributed by atoms with E-state index in [0.717, 1.165) is 17.7 Å². The van der Waals surface area contributed by atoms with Gasteiger partial charge in [0.15, 0.2) is 5.13 Å². The molecule has 1 aromatic heterocycles. The summed E-state index contributed by atoms with van der Waals surface area (Å²) in [4.78, 5) is 16.4. The van der Waals surface area contributed by atoms with E-state index < -0.39 is 0 Å². The van der Waals surface area contributed by atoms with Crippen LogP contribution in [0.5, 0.6) is 0 Å². The Balaban J connectivity index is 2.13. The van der Waals surface area contributed by atoms with Crippen molar-refractivity contribution in [2.24, 2.45) is 0 Å². The first-order chi connectivity index (χ1) is 6.16. The molecule has 1 aromatic rings. The zero-order valence-corrected chi connectivity index (χ0v) is 8.15. The maximum Gasteiger partial charge on any atom is 0.271 e. The minimum Gasteiger partial charge on any atom is -0.375 e. The Morgan fingerprint density at radius 3 is 2.85 bits per heavy atom. The molecule has 3 N–H and O–H groups in total. The van der Waals surface area contributed by atoms with Crippen LogP contribution >= 0.6 is 11.3 Å². The van der Waals surface area contributed by atoms with E-state index in [-0.39, 0.29) is 5.91 Å². The average molecular weight is 197 g/mol. The number of nitrogens with one attached hydrogen (secondary N) is 1. The maximum atomic E-state index is 11.5. The van der Waals surface area contributed by atoms with E-state index in [1.165, 1.54) is 11.3 Å². The monoisotopic (exact) mass is 197 g/mol. The lowest BCUT2D eigenvalue weighted by Crippen LogP contribution is -2.26. The number of aromatic nitrogens is 1. The molecule has 1 aliphatic rings. The average Bonchev–Trinajstić information content (AvgIpc) is 2.77. The summed E-state index contributed by atoms with van der Waals surface area (Å²) in [6, 6.07) is 0.370. The third kappa shape index (κ3) is 1.80. The fourth-order valence-corrected chi connectivity index (χ4v) is 1.79. The summed E-state index contributed by atoms with van der Waals surface area (Å²) in [7, 11) is 0. The number of rotatable bonds is 2. The minimum atomic E-state index is -0.0899. The number of thiazole rings is 1. The van der Waals surface area contributed by atoms with Crippen LogP contribution in [-0.4, -0.2) is 16.9 Å². The topological polar surface area (TPSA) is 68.0 Å². The Bertz CT molecular complexity index is 343. The highest BCUT2D eigenvalue weighted by Gasteiger charge is 2.25. The molecule has 0 aromatic carbocycles. The fraction of sp³-hybridized carbons (Fsp3) is 0.500. The van der Waals surface area contributed by atoms with Gasteiger partial charge in [0.1, 0.15) is 5.69 Å². The second-order valence-electron chi connectivity index (χ2n) is 3.20. The first-order valence-corrected chi connectivity index (χ1v) is 5.02. The maximum absolute atomic E-state index is 11.5. The summed E-state index contributed by atoms with van der Waals surface area (Å²) in [5, 5.41) is 3.33. The first-order valence-electron chi connectivity index (χ1n) is 4.20. The molecule has 4 nitrogen and oxygen atoms in total. The van der Waals surface area contributed by atoms with E-state index in [2.05, 4.69) is 10.3 Å². The predicted octanol–water partition coefficient (Wildman–Crippen LogP) is 0.926. The van der Waals surface area contributed by atoms with Crippen molar-refractivity contribution in [2.45, 2.75) is 25.8 Å². The summed E-state index contributed by atoms with van der Waals surface area (Å²) in [6.07, 6.45) is 2.18. The molecule has 0 bridgehead atoms. The van der Waals surface area contributed by atoms with E-state index in [1.54, 1.807) is 0 Å². The number of carbonyl (C=O) groups is 1. The quantitative estimate of drug-likeness (QED) is 0.741. The molecular weight excluding hydrogens is 186 g/mol. The molecule has 0 saturated heterocycles. The summed E-state index contributed by atoms with van der Waals surface area (Å²) < 4.78 is 0. The van der Waals surface area contributed by atoms with Crippen LogP contribution in [-0.2, 0) is 0 Å². The summed E-state index contributed by atoms with van der Waals surface area (Å²) in [5.74, 6) is -0.0899. The first kappa shape index (κ1) is 8.50. The van der Waals surface area contributed by atoms with Gasteiger partial charge < -0.3 is 11.1 Å². The van der Waals surface area contributed by atoms with E-state index in [4.69, 9.17) is 5.73 Å². The number of nitrogen functional groups attached to an aromatic ring is 1. The Morgan fingerprint density at radius 2 is 2.38 bits per heavy atom. The number of nitrogens with zero attached hydrogens (tertiary/aromatic N) is 1. The van der Waals surface area contributed by atoms with Crippen LogP contribution in [0.3, 0.4) is 0 Å². The van der Waals surface area contributed by atoms with E-state index in [9.17, 15) is 4.79 Å². The lowest BCUT2D eigenvalue weighted by molar-refractivity contribution is 0.0946. The van der Waals surface area contributed by atoms with Gasteiger partial charge in [-0.25, -0.2) is 4.98 Å². The van der Waals surface area contributed by atoms with E-state index in [1.807, 2.05) is 6.92 Å². The van der Waals surface area contributed by atoms with Gasteiger partial charge in [-0.2, -0.15) is 0 Å². The number of carbonyl (C=O) groups excluding carboxylic acids is 1. The molecule has 0 radical (unpaired) electrons. The van der Waals surface area contributed by atoms with Crippen LogP contribution in [0, 0.1) is 6.92 Å². The minimum absolute atomic E-state index is 0.0899. The van der Waals surface area contributed by atoms with Gasteiger partial charge in [-0.1, -0.05) is 0 Å². The summed E-state index contributed by atoms with van der Waals surface area (Å²) in [6.45, 7) is 1.86. The van der Waals surface area contributed by atoms with Gasteiger partial charge in [0.05, 0.1) is 0 Å². The van der Waals surface area contributed by atoms with Gasteiger partial charge in [-0.15, -0.1) is 11.3 Å². The number of hydrogen-bond donors (Lipinski definition) is 2. The lowest BCUT2D eigenvalue weighted by Gasteiger charge is -1.99. The van der Waals surface area contributed by atoms with Crippen LogP contribution < -0.4 is 11.1 Å². The molecule has 70 valence electrons. The number of anilines is 1. The van der Waals surface area contributed by atoms with Gasteiger partial charge >= 0.3 is 0 Å². The molecule has 1 heterocycles. The smallest absolute Gasteiger partial charge is 0.271 e. The van der Waals surface area contributed by atoms with Gasteiger partial charge in [0.2, 0.25) is 0 Å². The predicted molar refractivity (Wildman–Crippen MR) is 51.8 cm³/mol.